The number of hydrogen-bond acceptors (Lipinski definition) is 6. The van der Waals surface area contributed by atoms with Crippen molar-refractivity contribution in [3.8, 4) is 0 Å². The van der Waals surface area contributed by atoms with E-state index in [0.29, 0.717) is 5.75 Å². The number of nitrogens with one attached hydrogen (secondary N) is 1. The van der Waals surface area contributed by atoms with Crippen LogP contribution in [0.15, 0.2) is 12.3 Å². The lowest BCUT2D eigenvalue weighted by molar-refractivity contribution is -0.115. The van der Waals surface area contributed by atoms with Crippen LogP contribution in [0.2, 0.25) is 0 Å². The van der Waals surface area contributed by atoms with Crippen molar-refractivity contribution in [2.75, 3.05) is 12.4 Å². The van der Waals surface area contributed by atoms with Crippen LogP contribution in [0, 0.1) is 0 Å². The first-order valence-corrected chi connectivity index (χ1v) is 6.93. The topological polar surface area (TPSA) is 95.9 Å². The van der Waals surface area contributed by atoms with Crippen molar-refractivity contribution in [2.45, 2.75) is 11.7 Å². The summed E-state index contributed by atoms with van der Waals surface area (Å²) in [4.78, 5) is 10.9. The molecule has 16 heavy (non-hydrogen) atoms. The van der Waals surface area contributed by atoms with Crippen LogP contribution < -0.4 is 4.72 Å². The molecule has 2 heterocycles. The minimum absolute atomic E-state index is 0.175. The van der Waals surface area contributed by atoms with Gasteiger partial charge in [-0.05, 0) is 0 Å². The molecule has 0 aromatic rings. The standard InChI is InChI=1S/C7H10N2O5S2/c10-3-7-14-6(4-15-7)9-2-1-5(11)8-16(9,12)13/h1-2,6-7,10H,3-4H2,(H,8,11)/t6-,7+/m1/s1. The maximum atomic E-state index is 11.6. The smallest absolute Gasteiger partial charge is 0.328 e. The van der Waals surface area contributed by atoms with Gasteiger partial charge in [-0.3, -0.25) is 4.79 Å². The molecule has 1 fully saturated rings. The Kier molecular flexibility index (Phi) is 3.10. The Hall–Kier alpha value is -0.770. The quantitative estimate of drug-likeness (QED) is 0.637. The van der Waals surface area contributed by atoms with Crippen molar-refractivity contribution in [1.29, 1.82) is 0 Å². The monoisotopic (exact) mass is 266 g/mol. The number of aliphatic hydroxyl groups is 1. The number of nitrogens with zero attached hydrogens (tertiary/aromatic N) is 1. The van der Waals surface area contributed by atoms with E-state index in [1.54, 1.807) is 0 Å². The van der Waals surface area contributed by atoms with Gasteiger partial charge in [0.15, 0.2) is 6.23 Å². The Labute approximate surface area is 96.6 Å². The lowest BCUT2D eigenvalue weighted by Crippen LogP contribution is -2.49. The number of amides is 1. The van der Waals surface area contributed by atoms with Crippen molar-refractivity contribution < 1.29 is 23.1 Å². The van der Waals surface area contributed by atoms with Gasteiger partial charge in [0.25, 0.3) is 5.91 Å². The molecule has 0 saturated carbocycles. The third-order valence-electron chi connectivity index (χ3n) is 2.05. The second kappa shape index (κ2) is 4.24. The maximum Gasteiger partial charge on any atom is 0.328 e. The number of aliphatic hydroxyl groups excluding tert-OH is 1. The summed E-state index contributed by atoms with van der Waals surface area (Å²) in [5.41, 5.74) is -0.425. The van der Waals surface area contributed by atoms with Gasteiger partial charge in [-0.25, -0.2) is 9.03 Å². The Morgan fingerprint density at radius 3 is 3.00 bits per heavy atom. The van der Waals surface area contributed by atoms with Gasteiger partial charge >= 0.3 is 10.2 Å². The van der Waals surface area contributed by atoms with Crippen LogP contribution in [0.3, 0.4) is 0 Å². The number of thioether (sulfide) groups is 1. The molecule has 9 heteroatoms. The van der Waals surface area contributed by atoms with Crippen molar-refractivity contribution in [2.24, 2.45) is 0 Å². The van der Waals surface area contributed by atoms with Crippen molar-refractivity contribution in [1.82, 2.24) is 9.03 Å². The Balaban J connectivity index is 2.16. The first-order valence-electron chi connectivity index (χ1n) is 4.44. The van der Waals surface area contributed by atoms with Crippen LogP contribution in [0.1, 0.15) is 0 Å². The zero-order valence-corrected chi connectivity index (χ0v) is 9.70. The van der Waals surface area contributed by atoms with E-state index >= 15 is 0 Å². The zero-order chi connectivity index (χ0) is 11.8. The van der Waals surface area contributed by atoms with E-state index in [-0.39, 0.29) is 6.61 Å². The number of ether oxygens (including phenoxy) is 1. The van der Waals surface area contributed by atoms with Gasteiger partial charge in [0.05, 0.1) is 6.61 Å². The SMILES string of the molecule is O=C1C=CN([C@H]2CS[C@@H](CO)O2)S(=O)(=O)N1. The molecule has 0 spiro atoms. The first kappa shape index (κ1) is 11.7. The van der Waals surface area contributed by atoms with Gasteiger partial charge in [0.1, 0.15) is 5.44 Å². The summed E-state index contributed by atoms with van der Waals surface area (Å²) in [6.45, 7) is -0.175. The summed E-state index contributed by atoms with van der Waals surface area (Å²) in [6, 6.07) is 0. The highest BCUT2D eigenvalue weighted by Crippen LogP contribution is 2.28. The molecule has 0 radical (unpaired) electrons. The Morgan fingerprint density at radius 1 is 1.69 bits per heavy atom. The van der Waals surface area contributed by atoms with Crippen molar-refractivity contribution in [3.63, 3.8) is 0 Å². The molecule has 90 valence electrons. The highest BCUT2D eigenvalue weighted by molar-refractivity contribution is 8.00. The van der Waals surface area contributed by atoms with Gasteiger partial charge < -0.3 is 9.84 Å². The van der Waals surface area contributed by atoms with E-state index in [9.17, 15) is 13.2 Å². The molecule has 2 atom stereocenters. The lowest BCUT2D eigenvalue weighted by Gasteiger charge is -2.27. The normalized spacial score (nSPS) is 32.8. The van der Waals surface area contributed by atoms with Crippen LogP contribution >= 0.6 is 11.8 Å². The molecule has 0 aromatic heterocycles. The lowest BCUT2D eigenvalue weighted by atomic mass is 10.5. The zero-order valence-electron chi connectivity index (χ0n) is 8.07. The molecule has 0 unspecified atom stereocenters. The van der Waals surface area contributed by atoms with Crippen molar-refractivity contribution >= 4 is 27.9 Å². The average molecular weight is 266 g/mol. The van der Waals surface area contributed by atoms with Crippen molar-refractivity contribution in [3.05, 3.63) is 12.3 Å². The van der Waals surface area contributed by atoms with E-state index in [1.807, 2.05) is 4.72 Å². The maximum absolute atomic E-state index is 11.6. The molecule has 1 amide bonds. The third kappa shape index (κ3) is 2.17. The van der Waals surface area contributed by atoms with E-state index < -0.39 is 27.8 Å². The van der Waals surface area contributed by atoms with Gasteiger partial charge in [0, 0.05) is 18.0 Å². The summed E-state index contributed by atoms with van der Waals surface area (Å²) in [5.74, 6) is -0.273. The minimum Gasteiger partial charge on any atom is -0.393 e. The molecule has 0 bridgehead atoms. The summed E-state index contributed by atoms with van der Waals surface area (Å²) < 4.78 is 31.2. The Bertz CT molecular complexity index is 420. The number of carbonyl (C=O) groups is 1. The molecule has 1 saturated heterocycles. The van der Waals surface area contributed by atoms with E-state index in [2.05, 4.69) is 0 Å². The highest BCUT2D eigenvalue weighted by Gasteiger charge is 2.37. The summed E-state index contributed by atoms with van der Waals surface area (Å²) in [6.07, 6.45) is 1.59. The van der Waals surface area contributed by atoms with Crippen LogP contribution in [-0.4, -0.2) is 47.8 Å². The second-order valence-corrected chi connectivity index (χ2v) is 5.92. The van der Waals surface area contributed by atoms with E-state index in [4.69, 9.17) is 9.84 Å². The molecule has 2 rings (SSSR count). The predicted molar refractivity (Wildman–Crippen MR) is 56.2 cm³/mol. The highest BCUT2D eigenvalue weighted by atomic mass is 32.2. The van der Waals surface area contributed by atoms with Crippen LogP contribution in [0.5, 0.6) is 0 Å². The van der Waals surface area contributed by atoms with E-state index in [0.717, 1.165) is 10.4 Å². The molecule has 2 aliphatic rings. The fourth-order valence-corrected chi connectivity index (χ4v) is 3.47. The molecular weight excluding hydrogens is 256 g/mol. The summed E-state index contributed by atoms with van der Waals surface area (Å²) in [7, 11) is -3.86. The fourth-order valence-electron chi connectivity index (χ4n) is 1.36. The Morgan fingerprint density at radius 2 is 2.44 bits per heavy atom. The number of hydrogen-bond donors (Lipinski definition) is 2. The second-order valence-electron chi connectivity index (χ2n) is 3.15. The molecule has 2 N–H and O–H groups in total. The van der Waals surface area contributed by atoms with Gasteiger partial charge in [0.2, 0.25) is 0 Å². The molecule has 7 nitrogen and oxygen atoms in total. The predicted octanol–water partition coefficient (Wildman–Crippen LogP) is -1.42. The van der Waals surface area contributed by atoms with Gasteiger partial charge in [-0.2, -0.15) is 8.42 Å². The summed E-state index contributed by atoms with van der Waals surface area (Å²) >= 11 is 1.32. The van der Waals surface area contributed by atoms with Gasteiger partial charge in [-0.15, -0.1) is 11.8 Å². The first-order chi connectivity index (χ1) is 7.53. The fraction of sp³-hybridized carbons (Fsp3) is 0.571. The number of carbonyl (C=O) groups excluding carboxylic acids is 1. The van der Waals surface area contributed by atoms with Crippen LogP contribution in [-0.2, 0) is 19.7 Å². The summed E-state index contributed by atoms with van der Waals surface area (Å²) in [5, 5.41) is 8.85. The molecular formula is C7H10N2O5S2. The van der Waals surface area contributed by atoms with Crippen LogP contribution in [0.4, 0.5) is 0 Å². The number of rotatable bonds is 2. The van der Waals surface area contributed by atoms with E-state index in [1.165, 1.54) is 18.0 Å². The molecule has 2 aliphatic heterocycles. The third-order valence-corrected chi connectivity index (χ3v) is 4.53. The molecule has 0 aliphatic carbocycles. The molecule has 0 aromatic carbocycles. The van der Waals surface area contributed by atoms with Gasteiger partial charge in [-0.1, -0.05) is 0 Å². The van der Waals surface area contributed by atoms with Crippen LogP contribution in [0.25, 0.3) is 0 Å². The largest absolute Gasteiger partial charge is 0.393 e. The minimum atomic E-state index is -3.86. The average Bonchev–Trinajstić information content (AvgIpc) is 2.64.